The van der Waals surface area contributed by atoms with E-state index >= 15 is 0 Å². The summed E-state index contributed by atoms with van der Waals surface area (Å²) in [5, 5.41) is 6.19. The molecule has 0 aromatic heterocycles. The fourth-order valence-corrected chi connectivity index (χ4v) is 3.33. The molecule has 2 atom stereocenters. The minimum atomic E-state index is -0.270. The Morgan fingerprint density at radius 1 is 1.21 bits per heavy atom. The molecule has 0 saturated carbocycles. The summed E-state index contributed by atoms with van der Waals surface area (Å²) in [7, 11) is 0. The molecule has 6 nitrogen and oxygen atoms in total. The van der Waals surface area contributed by atoms with Gasteiger partial charge in [-0.05, 0) is 31.9 Å². The fourth-order valence-electron chi connectivity index (χ4n) is 3.33. The summed E-state index contributed by atoms with van der Waals surface area (Å²) in [6.45, 7) is 4.52. The van der Waals surface area contributed by atoms with Crippen LogP contribution in [0.5, 0.6) is 0 Å². The highest BCUT2D eigenvalue weighted by atomic mass is 16.5. The van der Waals surface area contributed by atoms with Gasteiger partial charge in [0.1, 0.15) is 6.04 Å². The number of carbonyl (C=O) groups excluding carboxylic acids is 2. The first kappa shape index (κ1) is 16.9. The van der Waals surface area contributed by atoms with Crippen molar-refractivity contribution in [2.24, 2.45) is 5.92 Å². The van der Waals surface area contributed by atoms with Crippen LogP contribution in [0.25, 0.3) is 0 Å². The van der Waals surface area contributed by atoms with E-state index in [-0.39, 0.29) is 29.9 Å². The number of carbonyl (C=O) groups is 2. The summed E-state index contributed by atoms with van der Waals surface area (Å²) in [5.41, 5.74) is 0.818. The van der Waals surface area contributed by atoms with Crippen LogP contribution in [0, 0.1) is 5.92 Å². The number of para-hydroxylation sites is 1. The number of anilines is 1. The lowest BCUT2D eigenvalue weighted by Gasteiger charge is -2.37. The number of hydrogen-bond acceptors (Lipinski definition) is 4. The van der Waals surface area contributed by atoms with Crippen LogP contribution in [0.15, 0.2) is 30.3 Å². The molecule has 6 heteroatoms. The number of nitrogens with one attached hydrogen (secondary N) is 2. The molecule has 0 radical (unpaired) electrons. The molecule has 130 valence electrons. The number of amides is 2. The first-order valence-electron chi connectivity index (χ1n) is 8.65. The van der Waals surface area contributed by atoms with Crippen LogP contribution in [-0.4, -0.2) is 55.1 Å². The molecule has 2 saturated heterocycles. The van der Waals surface area contributed by atoms with E-state index in [4.69, 9.17) is 4.74 Å². The average Bonchev–Trinajstić information content (AvgIpc) is 2.62. The topological polar surface area (TPSA) is 70.7 Å². The first-order chi connectivity index (χ1) is 11.6. The normalized spacial score (nSPS) is 25.3. The number of likely N-dealkylation sites (tertiary alicyclic amines) is 1. The van der Waals surface area contributed by atoms with Crippen molar-refractivity contribution in [1.82, 2.24) is 10.2 Å². The van der Waals surface area contributed by atoms with Gasteiger partial charge in [0.05, 0.1) is 12.7 Å². The van der Waals surface area contributed by atoms with Crippen LogP contribution in [-0.2, 0) is 14.3 Å². The van der Waals surface area contributed by atoms with Gasteiger partial charge in [-0.25, -0.2) is 0 Å². The highest BCUT2D eigenvalue weighted by Crippen LogP contribution is 2.21. The average molecular weight is 331 g/mol. The second-order valence-electron chi connectivity index (χ2n) is 6.46. The van der Waals surface area contributed by atoms with E-state index in [1.807, 2.05) is 42.2 Å². The summed E-state index contributed by atoms with van der Waals surface area (Å²) < 4.78 is 5.55. The zero-order valence-corrected chi connectivity index (χ0v) is 14.0. The number of ether oxygens (including phenoxy) is 1. The van der Waals surface area contributed by atoms with Crippen molar-refractivity contribution in [3.8, 4) is 0 Å². The maximum absolute atomic E-state index is 12.6. The number of piperidine rings is 1. The van der Waals surface area contributed by atoms with Crippen LogP contribution >= 0.6 is 0 Å². The van der Waals surface area contributed by atoms with Gasteiger partial charge in [0.25, 0.3) is 0 Å². The van der Waals surface area contributed by atoms with Crippen molar-refractivity contribution in [3.05, 3.63) is 30.3 Å². The second-order valence-corrected chi connectivity index (χ2v) is 6.46. The van der Waals surface area contributed by atoms with Crippen molar-refractivity contribution in [2.45, 2.75) is 31.9 Å². The molecule has 0 spiro atoms. The Labute approximate surface area is 142 Å². The highest BCUT2D eigenvalue weighted by molar-refractivity contribution is 5.92. The Balaban J connectivity index is 1.50. The van der Waals surface area contributed by atoms with Gasteiger partial charge in [-0.3, -0.25) is 9.59 Å². The van der Waals surface area contributed by atoms with Crippen molar-refractivity contribution in [1.29, 1.82) is 0 Å². The van der Waals surface area contributed by atoms with E-state index in [0.717, 1.165) is 5.69 Å². The fraction of sp³-hybridized carbons (Fsp3) is 0.556. The van der Waals surface area contributed by atoms with Crippen LogP contribution in [0.1, 0.15) is 19.8 Å². The van der Waals surface area contributed by atoms with Gasteiger partial charge in [0.2, 0.25) is 11.8 Å². The van der Waals surface area contributed by atoms with E-state index in [9.17, 15) is 9.59 Å². The Bertz CT molecular complexity index is 570. The molecule has 24 heavy (non-hydrogen) atoms. The Hall–Kier alpha value is -1.92. The predicted molar refractivity (Wildman–Crippen MR) is 91.6 cm³/mol. The molecule has 2 fully saturated rings. The molecule has 0 unspecified atom stereocenters. The number of nitrogens with zero attached hydrogens (tertiary/aromatic N) is 1. The van der Waals surface area contributed by atoms with Crippen LogP contribution < -0.4 is 10.6 Å². The molecule has 2 aliphatic heterocycles. The van der Waals surface area contributed by atoms with Crippen LogP contribution in [0.4, 0.5) is 5.69 Å². The summed E-state index contributed by atoms with van der Waals surface area (Å²) >= 11 is 0. The molecule has 2 aliphatic rings. The quantitative estimate of drug-likeness (QED) is 0.874. The molecule has 2 N–H and O–H groups in total. The standard InChI is InChI=1S/C18H25N3O3/c1-13-16(19-9-12-24-13)18(23)21-10-7-14(8-11-21)17(22)20-15-5-3-2-4-6-15/h2-6,13-14,16,19H,7-12H2,1H3,(H,20,22)/t13-,16+/m1/s1. The first-order valence-corrected chi connectivity index (χ1v) is 8.65. The second kappa shape index (κ2) is 7.77. The zero-order chi connectivity index (χ0) is 16.9. The lowest BCUT2D eigenvalue weighted by Crippen LogP contribution is -2.57. The number of morpholine rings is 1. The van der Waals surface area contributed by atoms with Crippen LogP contribution in [0.2, 0.25) is 0 Å². The summed E-state index contributed by atoms with van der Waals surface area (Å²) in [4.78, 5) is 26.8. The van der Waals surface area contributed by atoms with Gasteiger partial charge in [-0.1, -0.05) is 18.2 Å². The third-order valence-corrected chi connectivity index (χ3v) is 4.80. The summed E-state index contributed by atoms with van der Waals surface area (Å²) in [6, 6.07) is 9.21. The third kappa shape index (κ3) is 3.94. The largest absolute Gasteiger partial charge is 0.375 e. The van der Waals surface area contributed by atoms with E-state index in [2.05, 4.69) is 10.6 Å². The highest BCUT2D eigenvalue weighted by Gasteiger charge is 2.34. The lowest BCUT2D eigenvalue weighted by atomic mass is 9.95. The molecule has 2 heterocycles. The van der Waals surface area contributed by atoms with E-state index < -0.39 is 0 Å². The molecule has 0 bridgehead atoms. The van der Waals surface area contributed by atoms with Gasteiger partial charge in [-0.2, -0.15) is 0 Å². The van der Waals surface area contributed by atoms with Crippen molar-refractivity contribution in [3.63, 3.8) is 0 Å². The zero-order valence-electron chi connectivity index (χ0n) is 14.0. The molecule has 1 aromatic rings. The van der Waals surface area contributed by atoms with Gasteiger partial charge in [0, 0.05) is 31.2 Å². The number of hydrogen-bond donors (Lipinski definition) is 2. The maximum Gasteiger partial charge on any atom is 0.242 e. The van der Waals surface area contributed by atoms with E-state index in [1.165, 1.54) is 0 Å². The Morgan fingerprint density at radius 2 is 1.92 bits per heavy atom. The molecular formula is C18H25N3O3. The molecule has 1 aromatic carbocycles. The third-order valence-electron chi connectivity index (χ3n) is 4.80. The number of rotatable bonds is 3. The molecular weight excluding hydrogens is 306 g/mol. The minimum absolute atomic E-state index is 0.0396. The van der Waals surface area contributed by atoms with E-state index in [0.29, 0.717) is 39.1 Å². The van der Waals surface area contributed by atoms with Gasteiger partial charge in [0.15, 0.2) is 0 Å². The SMILES string of the molecule is C[C@H]1OCCN[C@@H]1C(=O)N1CCC(C(=O)Nc2ccccc2)CC1. The monoisotopic (exact) mass is 331 g/mol. The van der Waals surface area contributed by atoms with Crippen molar-refractivity contribution in [2.75, 3.05) is 31.6 Å². The maximum atomic E-state index is 12.6. The smallest absolute Gasteiger partial charge is 0.242 e. The number of benzene rings is 1. The van der Waals surface area contributed by atoms with Crippen LogP contribution in [0.3, 0.4) is 0 Å². The van der Waals surface area contributed by atoms with Crippen molar-refractivity contribution < 1.29 is 14.3 Å². The molecule has 0 aliphatic carbocycles. The van der Waals surface area contributed by atoms with Gasteiger partial charge in [-0.15, -0.1) is 0 Å². The Morgan fingerprint density at radius 3 is 2.58 bits per heavy atom. The van der Waals surface area contributed by atoms with Gasteiger partial charge < -0.3 is 20.3 Å². The Kier molecular flexibility index (Phi) is 5.48. The molecule has 3 rings (SSSR count). The minimum Gasteiger partial charge on any atom is -0.375 e. The van der Waals surface area contributed by atoms with Gasteiger partial charge >= 0.3 is 0 Å². The summed E-state index contributed by atoms with van der Waals surface area (Å²) in [6.07, 6.45) is 1.30. The summed E-state index contributed by atoms with van der Waals surface area (Å²) in [5.74, 6) is 0.0900. The van der Waals surface area contributed by atoms with E-state index in [1.54, 1.807) is 0 Å². The molecule has 2 amide bonds. The lowest BCUT2D eigenvalue weighted by molar-refractivity contribution is -0.142. The predicted octanol–water partition coefficient (Wildman–Crippen LogP) is 1.24. The van der Waals surface area contributed by atoms with Crippen molar-refractivity contribution >= 4 is 17.5 Å².